The number of hydrogen-bond acceptors (Lipinski definition) is 3. The second-order valence-corrected chi connectivity index (χ2v) is 6.56. The van der Waals surface area contributed by atoms with E-state index in [4.69, 9.17) is 0 Å². The first-order chi connectivity index (χ1) is 13.6. The highest BCUT2D eigenvalue weighted by atomic mass is 16.2. The predicted molar refractivity (Wildman–Crippen MR) is 112 cm³/mol. The summed E-state index contributed by atoms with van der Waals surface area (Å²) in [6.45, 7) is 2.30. The van der Waals surface area contributed by atoms with Crippen molar-refractivity contribution in [1.29, 1.82) is 0 Å². The standard InChI is InChI=1S/C23H23N3O2/c1-17(20-12-11-19-9-5-6-10-21(19)15-20)25-26-23(28)14-13-22(27)24-16-18-7-3-2-4-8-18/h2-12,15H,13-14,16H2,1H3,(H,24,27)(H,26,28)/b25-17+. The monoisotopic (exact) mass is 373 g/mol. The molecule has 142 valence electrons. The van der Waals surface area contributed by atoms with Crippen LogP contribution in [-0.4, -0.2) is 17.5 Å². The van der Waals surface area contributed by atoms with Gasteiger partial charge < -0.3 is 5.32 Å². The van der Waals surface area contributed by atoms with E-state index in [-0.39, 0.29) is 24.7 Å². The quantitative estimate of drug-likeness (QED) is 0.489. The Balaban J connectivity index is 1.46. The summed E-state index contributed by atoms with van der Waals surface area (Å²) in [7, 11) is 0. The van der Waals surface area contributed by atoms with Crippen molar-refractivity contribution in [3.8, 4) is 0 Å². The topological polar surface area (TPSA) is 70.6 Å². The molecule has 28 heavy (non-hydrogen) atoms. The number of benzene rings is 3. The van der Waals surface area contributed by atoms with E-state index in [1.54, 1.807) is 0 Å². The summed E-state index contributed by atoms with van der Waals surface area (Å²) in [4.78, 5) is 23.8. The second-order valence-electron chi connectivity index (χ2n) is 6.56. The fraction of sp³-hybridized carbons (Fsp3) is 0.174. The maximum atomic E-state index is 12.0. The van der Waals surface area contributed by atoms with Crippen LogP contribution in [0.3, 0.4) is 0 Å². The molecule has 0 heterocycles. The summed E-state index contributed by atoms with van der Waals surface area (Å²) in [6, 6.07) is 23.8. The molecule has 0 spiro atoms. The first-order valence-corrected chi connectivity index (χ1v) is 9.25. The van der Waals surface area contributed by atoms with E-state index in [2.05, 4.69) is 21.9 Å². The van der Waals surface area contributed by atoms with E-state index in [1.165, 1.54) is 0 Å². The molecule has 5 nitrogen and oxygen atoms in total. The first kappa shape index (κ1) is 19.3. The number of nitrogens with one attached hydrogen (secondary N) is 2. The Morgan fingerprint density at radius 2 is 1.50 bits per heavy atom. The fourth-order valence-corrected chi connectivity index (χ4v) is 2.79. The molecule has 2 N–H and O–H groups in total. The third kappa shape index (κ3) is 5.51. The van der Waals surface area contributed by atoms with Crippen molar-refractivity contribution >= 4 is 28.3 Å². The van der Waals surface area contributed by atoms with E-state index in [0.29, 0.717) is 12.3 Å². The van der Waals surface area contributed by atoms with Crippen molar-refractivity contribution in [1.82, 2.24) is 10.7 Å². The van der Waals surface area contributed by atoms with Gasteiger partial charge in [0.2, 0.25) is 11.8 Å². The number of fused-ring (bicyclic) bond motifs is 1. The maximum Gasteiger partial charge on any atom is 0.240 e. The Kier molecular flexibility index (Phi) is 6.52. The average molecular weight is 373 g/mol. The third-order valence-corrected chi connectivity index (χ3v) is 4.43. The van der Waals surface area contributed by atoms with Gasteiger partial charge in [-0.15, -0.1) is 0 Å². The molecule has 3 aromatic carbocycles. The van der Waals surface area contributed by atoms with Crippen LogP contribution in [0.25, 0.3) is 10.8 Å². The Morgan fingerprint density at radius 1 is 0.821 bits per heavy atom. The van der Waals surface area contributed by atoms with Gasteiger partial charge in [-0.05, 0) is 34.9 Å². The molecule has 2 amide bonds. The zero-order valence-electron chi connectivity index (χ0n) is 15.8. The number of rotatable bonds is 7. The molecule has 5 heteroatoms. The van der Waals surface area contributed by atoms with Crippen molar-refractivity contribution in [3.63, 3.8) is 0 Å². The molecule has 0 saturated heterocycles. The Morgan fingerprint density at radius 3 is 2.29 bits per heavy atom. The second kappa shape index (κ2) is 9.46. The van der Waals surface area contributed by atoms with Gasteiger partial charge in [0.05, 0.1) is 5.71 Å². The summed E-state index contributed by atoms with van der Waals surface area (Å²) in [6.07, 6.45) is 0.221. The van der Waals surface area contributed by atoms with Crippen molar-refractivity contribution in [2.45, 2.75) is 26.3 Å². The molecule has 3 rings (SSSR count). The molecule has 0 aliphatic carbocycles. The van der Waals surface area contributed by atoms with Crippen LogP contribution in [0.15, 0.2) is 77.9 Å². The van der Waals surface area contributed by atoms with Crippen LogP contribution >= 0.6 is 0 Å². The predicted octanol–water partition coefficient (Wildman–Crippen LogP) is 3.78. The normalized spacial score (nSPS) is 11.2. The van der Waals surface area contributed by atoms with Crippen LogP contribution in [0.4, 0.5) is 0 Å². The van der Waals surface area contributed by atoms with Gasteiger partial charge in [0, 0.05) is 19.4 Å². The highest BCUT2D eigenvalue weighted by molar-refractivity contribution is 6.02. The Labute approximate surface area is 164 Å². The molecule has 0 aliphatic heterocycles. The molecule has 0 unspecified atom stereocenters. The summed E-state index contributed by atoms with van der Waals surface area (Å²) in [5, 5.41) is 9.24. The molecule has 0 aromatic heterocycles. The zero-order valence-corrected chi connectivity index (χ0v) is 15.8. The molecule has 0 radical (unpaired) electrons. The van der Waals surface area contributed by atoms with Gasteiger partial charge in [0.15, 0.2) is 0 Å². The van der Waals surface area contributed by atoms with Crippen LogP contribution in [0.1, 0.15) is 30.9 Å². The minimum absolute atomic E-state index is 0.0924. The summed E-state index contributed by atoms with van der Waals surface area (Å²) in [5.74, 6) is -0.441. The van der Waals surface area contributed by atoms with Crippen molar-refractivity contribution in [3.05, 3.63) is 83.9 Å². The third-order valence-electron chi connectivity index (χ3n) is 4.43. The minimum Gasteiger partial charge on any atom is -0.352 e. The molecule has 0 bridgehead atoms. The number of carbonyl (C=O) groups excluding carboxylic acids is 2. The van der Waals surface area contributed by atoms with Gasteiger partial charge in [-0.2, -0.15) is 5.10 Å². The molecule has 0 aliphatic rings. The van der Waals surface area contributed by atoms with Gasteiger partial charge in [0.25, 0.3) is 0 Å². The van der Waals surface area contributed by atoms with Crippen LogP contribution in [0, 0.1) is 0 Å². The largest absolute Gasteiger partial charge is 0.352 e. The molecular weight excluding hydrogens is 350 g/mol. The van der Waals surface area contributed by atoms with Gasteiger partial charge in [-0.1, -0.05) is 66.7 Å². The van der Waals surface area contributed by atoms with E-state index >= 15 is 0 Å². The van der Waals surface area contributed by atoms with E-state index < -0.39 is 0 Å². The molecule has 3 aromatic rings. The van der Waals surface area contributed by atoms with Crippen LogP contribution in [0.2, 0.25) is 0 Å². The lowest BCUT2D eigenvalue weighted by Gasteiger charge is -2.06. The SMILES string of the molecule is C/C(=N\NC(=O)CCC(=O)NCc1ccccc1)c1ccc2ccccc2c1. The van der Waals surface area contributed by atoms with E-state index in [9.17, 15) is 9.59 Å². The lowest BCUT2D eigenvalue weighted by Crippen LogP contribution is -2.26. The summed E-state index contributed by atoms with van der Waals surface area (Å²) in [5.41, 5.74) is 5.21. The van der Waals surface area contributed by atoms with Gasteiger partial charge in [0.1, 0.15) is 0 Å². The average Bonchev–Trinajstić information content (AvgIpc) is 2.75. The lowest BCUT2D eigenvalue weighted by molar-refractivity contribution is -0.126. The fourth-order valence-electron chi connectivity index (χ4n) is 2.79. The van der Waals surface area contributed by atoms with Gasteiger partial charge in [-0.25, -0.2) is 5.43 Å². The Hall–Kier alpha value is -3.47. The van der Waals surface area contributed by atoms with Crippen LogP contribution in [0.5, 0.6) is 0 Å². The van der Waals surface area contributed by atoms with E-state index in [0.717, 1.165) is 21.9 Å². The lowest BCUT2D eigenvalue weighted by atomic mass is 10.0. The maximum absolute atomic E-state index is 12.0. The number of carbonyl (C=O) groups is 2. The summed E-state index contributed by atoms with van der Waals surface area (Å²) >= 11 is 0. The van der Waals surface area contributed by atoms with E-state index in [1.807, 2.05) is 73.7 Å². The molecule has 0 saturated carbocycles. The Bertz CT molecular complexity index is 997. The molecule has 0 fully saturated rings. The van der Waals surface area contributed by atoms with Crippen molar-refractivity contribution in [2.24, 2.45) is 5.10 Å². The highest BCUT2D eigenvalue weighted by Gasteiger charge is 2.07. The molecular formula is C23H23N3O2. The summed E-state index contributed by atoms with van der Waals surface area (Å²) < 4.78 is 0. The smallest absolute Gasteiger partial charge is 0.240 e. The highest BCUT2D eigenvalue weighted by Crippen LogP contribution is 2.16. The van der Waals surface area contributed by atoms with Crippen molar-refractivity contribution < 1.29 is 9.59 Å². The number of hydrogen-bond donors (Lipinski definition) is 2. The zero-order chi connectivity index (χ0) is 19.8. The van der Waals surface area contributed by atoms with Gasteiger partial charge >= 0.3 is 0 Å². The minimum atomic E-state index is -0.282. The van der Waals surface area contributed by atoms with Crippen LogP contribution < -0.4 is 10.7 Å². The van der Waals surface area contributed by atoms with Crippen LogP contribution in [-0.2, 0) is 16.1 Å². The number of nitrogens with zero attached hydrogens (tertiary/aromatic N) is 1. The number of hydrazone groups is 1. The van der Waals surface area contributed by atoms with Crippen molar-refractivity contribution in [2.75, 3.05) is 0 Å². The number of amides is 2. The molecule has 0 atom stereocenters. The van der Waals surface area contributed by atoms with Gasteiger partial charge in [-0.3, -0.25) is 9.59 Å². The first-order valence-electron chi connectivity index (χ1n) is 9.25.